The van der Waals surface area contributed by atoms with Crippen LogP contribution in [0.4, 0.5) is 5.69 Å². The molecule has 1 saturated heterocycles. The first-order chi connectivity index (χ1) is 13.5. The third-order valence-electron chi connectivity index (χ3n) is 4.43. The van der Waals surface area contributed by atoms with Crippen molar-refractivity contribution < 1.29 is 19.1 Å². The Morgan fingerprint density at radius 2 is 1.89 bits per heavy atom. The number of piperazine rings is 1. The van der Waals surface area contributed by atoms with Gasteiger partial charge in [0.15, 0.2) is 6.61 Å². The highest BCUT2D eigenvalue weighted by molar-refractivity contribution is 7.09. The van der Waals surface area contributed by atoms with Crippen molar-refractivity contribution in [2.75, 3.05) is 44.8 Å². The number of hydrogen-bond acceptors (Lipinski definition) is 7. The Balaban J connectivity index is 1.42. The van der Waals surface area contributed by atoms with Gasteiger partial charge in [-0.2, -0.15) is 0 Å². The second-order valence-corrected chi connectivity index (χ2v) is 7.36. The molecule has 2 aromatic rings. The van der Waals surface area contributed by atoms with E-state index in [1.54, 1.807) is 18.1 Å². The first kappa shape index (κ1) is 19.9. The fourth-order valence-electron chi connectivity index (χ4n) is 2.89. The third kappa shape index (κ3) is 5.32. The number of ether oxygens (including phenoxy) is 2. The Kier molecular flexibility index (Phi) is 6.65. The summed E-state index contributed by atoms with van der Waals surface area (Å²) < 4.78 is 10.2. The predicted molar refractivity (Wildman–Crippen MR) is 109 cm³/mol. The van der Waals surface area contributed by atoms with E-state index in [1.165, 1.54) is 17.4 Å². The van der Waals surface area contributed by atoms with E-state index >= 15 is 0 Å². The molecule has 0 N–H and O–H groups in total. The lowest BCUT2D eigenvalue weighted by Gasteiger charge is -2.36. The monoisotopic (exact) mass is 401 g/mol. The number of amides is 1. The van der Waals surface area contributed by atoms with Crippen LogP contribution < -0.4 is 9.64 Å². The summed E-state index contributed by atoms with van der Waals surface area (Å²) in [5.41, 5.74) is 1.81. The minimum absolute atomic E-state index is 0.180. The number of aryl methyl sites for hydroxylation is 1. The van der Waals surface area contributed by atoms with E-state index in [1.807, 2.05) is 36.6 Å². The summed E-state index contributed by atoms with van der Waals surface area (Å²) in [6.07, 6.45) is 2.88. The molecule has 0 saturated carbocycles. The Morgan fingerprint density at radius 3 is 2.50 bits per heavy atom. The van der Waals surface area contributed by atoms with Gasteiger partial charge in [0.1, 0.15) is 5.75 Å². The molecule has 2 heterocycles. The van der Waals surface area contributed by atoms with Crippen molar-refractivity contribution in [1.29, 1.82) is 0 Å². The van der Waals surface area contributed by atoms with Gasteiger partial charge in [-0.15, -0.1) is 11.3 Å². The molecule has 1 aliphatic heterocycles. The van der Waals surface area contributed by atoms with E-state index in [-0.39, 0.29) is 12.5 Å². The quantitative estimate of drug-likeness (QED) is 0.547. The minimum atomic E-state index is -0.545. The van der Waals surface area contributed by atoms with Gasteiger partial charge in [-0.3, -0.25) is 4.79 Å². The normalized spacial score (nSPS) is 14.4. The van der Waals surface area contributed by atoms with E-state index in [9.17, 15) is 9.59 Å². The molecule has 1 aromatic carbocycles. The van der Waals surface area contributed by atoms with Crippen molar-refractivity contribution >= 4 is 35.0 Å². The molecule has 0 bridgehead atoms. The number of carbonyl (C=O) groups is 2. The Hall–Kier alpha value is -2.87. The van der Waals surface area contributed by atoms with Crippen LogP contribution in [0.5, 0.6) is 5.75 Å². The number of carbonyl (C=O) groups excluding carboxylic acids is 2. The van der Waals surface area contributed by atoms with Crippen molar-refractivity contribution in [2.45, 2.75) is 6.92 Å². The number of hydrogen-bond donors (Lipinski definition) is 0. The molecule has 0 aliphatic carbocycles. The summed E-state index contributed by atoms with van der Waals surface area (Å²) in [5.74, 6) is 0.0925. The molecule has 1 amide bonds. The zero-order valence-electron chi connectivity index (χ0n) is 16.0. The van der Waals surface area contributed by atoms with Crippen molar-refractivity contribution in [3.05, 3.63) is 46.4 Å². The van der Waals surface area contributed by atoms with E-state index in [2.05, 4.69) is 9.88 Å². The summed E-state index contributed by atoms with van der Waals surface area (Å²) in [5, 5.41) is 2.78. The van der Waals surface area contributed by atoms with E-state index in [0.29, 0.717) is 18.8 Å². The lowest BCUT2D eigenvalue weighted by molar-refractivity contribution is -0.148. The summed E-state index contributed by atoms with van der Waals surface area (Å²) in [6, 6.07) is 7.86. The average molecular weight is 401 g/mol. The van der Waals surface area contributed by atoms with Crippen LogP contribution in [0.3, 0.4) is 0 Å². The highest BCUT2D eigenvalue weighted by atomic mass is 32.1. The number of esters is 1. The molecule has 0 spiro atoms. The number of nitrogens with zero attached hydrogens (tertiary/aromatic N) is 3. The second-order valence-electron chi connectivity index (χ2n) is 6.30. The molecule has 8 heteroatoms. The van der Waals surface area contributed by atoms with Gasteiger partial charge in [-0.05, 0) is 37.3 Å². The Morgan fingerprint density at radius 1 is 1.18 bits per heavy atom. The smallest absolute Gasteiger partial charge is 0.331 e. The van der Waals surface area contributed by atoms with E-state index < -0.39 is 5.97 Å². The number of benzene rings is 1. The summed E-state index contributed by atoms with van der Waals surface area (Å²) in [7, 11) is 1.64. The number of anilines is 1. The van der Waals surface area contributed by atoms with Gasteiger partial charge >= 0.3 is 5.97 Å². The molecule has 1 aliphatic rings. The molecule has 1 fully saturated rings. The molecule has 148 valence electrons. The van der Waals surface area contributed by atoms with Crippen molar-refractivity contribution in [2.24, 2.45) is 0 Å². The zero-order chi connectivity index (χ0) is 19.9. The SMILES string of the molecule is COc1ccc(N2CCN(C(=O)COC(=O)/C=C/c3csc(C)n3)CC2)cc1. The molecule has 1 aromatic heterocycles. The maximum atomic E-state index is 12.3. The third-order valence-corrected chi connectivity index (χ3v) is 5.23. The van der Waals surface area contributed by atoms with Crippen molar-refractivity contribution in [3.63, 3.8) is 0 Å². The standard InChI is InChI=1S/C20H23N3O4S/c1-15-21-16(14-28-15)3-8-20(25)27-13-19(24)23-11-9-22(10-12-23)17-4-6-18(26-2)7-5-17/h3-8,14H,9-13H2,1-2H3/b8-3+. The number of methoxy groups -OCH3 is 1. The number of thiazole rings is 1. The second kappa shape index (κ2) is 9.36. The highest BCUT2D eigenvalue weighted by Gasteiger charge is 2.22. The Bertz CT molecular complexity index is 839. The summed E-state index contributed by atoms with van der Waals surface area (Å²) >= 11 is 1.51. The van der Waals surface area contributed by atoms with Crippen LogP contribution in [0, 0.1) is 6.92 Å². The van der Waals surface area contributed by atoms with Gasteiger partial charge in [-0.1, -0.05) is 0 Å². The minimum Gasteiger partial charge on any atom is -0.497 e. The largest absolute Gasteiger partial charge is 0.497 e. The highest BCUT2D eigenvalue weighted by Crippen LogP contribution is 2.20. The first-order valence-corrected chi connectivity index (χ1v) is 9.87. The Labute approximate surface area is 168 Å². The van der Waals surface area contributed by atoms with Gasteiger partial charge in [0.2, 0.25) is 0 Å². The molecule has 3 rings (SSSR count). The predicted octanol–water partition coefficient (Wildman–Crippen LogP) is 2.37. The van der Waals surface area contributed by atoms with Crippen LogP contribution in [0.15, 0.2) is 35.7 Å². The summed E-state index contributed by atoms with van der Waals surface area (Å²) in [6.45, 7) is 4.30. The van der Waals surface area contributed by atoms with Crippen LogP contribution in [0.25, 0.3) is 6.08 Å². The van der Waals surface area contributed by atoms with Gasteiger partial charge in [-0.25, -0.2) is 9.78 Å². The lowest BCUT2D eigenvalue weighted by Crippen LogP contribution is -2.49. The van der Waals surface area contributed by atoms with Crippen LogP contribution in [0.1, 0.15) is 10.7 Å². The van der Waals surface area contributed by atoms with Gasteiger partial charge in [0, 0.05) is 43.3 Å². The molecule has 0 radical (unpaired) electrons. The van der Waals surface area contributed by atoms with E-state index in [0.717, 1.165) is 29.5 Å². The number of rotatable bonds is 6. The molecular weight excluding hydrogens is 378 g/mol. The fraction of sp³-hybridized carbons (Fsp3) is 0.350. The number of aromatic nitrogens is 1. The van der Waals surface area contributed by atoms with Crippen LogP contribution >= 0.6 is 11.3 Å². The first-order valence-electron chi connectivity index (χ1n) is 8.99. The lowest BCUT2D eigenvalue weighted by atomic mass is 10.2. The maximum Gasteiger partial charge on any atom is 0.331 e. The average Bonchev–Trinajstić information content (AvgIpc) is 3.16. The summed E-state index contributed by atoms with van der Waals surface area (Å²) in [4.78, 5) is 32.2. The molecule has 0 unspecified atom stereocenters. The van der Waals surface area contributed by atoms with Gasteiger partial charge in [0.25, 0.3) is 5.91 Å². The van der Waals surface area contributed by atoms with Gasteiger partial charge < -0.3 is 19.3 Å². The molecule has 7 nitrogen and oxygen atoms in total. The molecular formula is C20H23N3O4S. The van der Waals surface area contributed by atoms with E-state index in [4.69, 9.17) is 9.47 Å². The van der Waals surface area contributed by atoms with Crippen LogP contribution in [-0.4, -0.2) is 61.7 Å². The van der Waals surface area contributed by atoms with Crippen LogP contribution in [-0.2, 0) is 14.3 Å². The van der Waals surface area contributed by atoms with Crippen LogP contribution in [0.2, 0.25) is 0 Å². The topological polar surface area (TPSA) is 72.0 Å². The zero-order valence-corrected chi connectivity index (χ0v) is 16.8. The maximum absolute atomic E-state index is 12.3. The van der Waals surface area contributed by atoms with Crippen molar-refractivity contribution in [3.8, 4) is 5.75 Å². The fourth-order valence-corrected chi connectivity index (χ4v) is 3.47. The van der Waals surface area contributed by atoms with Gasteiger partial charge in [0.05, 0.1) is 17.8 Å². The van der Waals surface area contributed by atoms with Crippen molar-refractivity contribution in [1.82, 2.24) is 9.88 Å². The molecule has 0 atom stereocenters. The molecule has 28 heavy (non-hydrogen) atoms.